The zero-order valence-corrected chi connectivity index (χ0v) is 19.2. The number of hydrogen-bond acceptors (Lipinski definition) is 3. The summed E-state index contributed by atoms with van der Waals surface area (Å²) in [7, 11) is 4.04. The van der Waals surface area contributed by atoms with E-state index in [-0.39, 0.29) is 17.9 Å². The van der Waals surface area contributed by atoms with Gasteiger partial charge in [-0.1, -0.05) is 18.2 Å². The highest BCUT2D eigenvalue weighted by atomic mass is 32.1. The molecule has 0 spiro atoms. The van der Waals surface area contributed by atoms with Crippen molar-refractivity contribution in [3.05, 3.63) is 108 Å². The number of benzene rings is 2. The molecule has 2 atom stereocenters. The minimum Gasteiger partial charge on any atom is -0.378 e. The summed E-state index contributed by atoms with van der Waals surface area (Å²) < 4.78 is 17.1. The van der Waals surface area contributed by atoms with Gasteiger partial charge in [0.1, 0.15) is 11.9 Å². The Morgan fingerprint density at radius 2 is 1.70 bits per heavy atom. The molecule has 0 radical (unpaired) electrons. The fourth-order valence-electron chi connectivity index (χ4n) is 4.34. The average molecular weight is 458 g/mol. The number of para-hydroxylation sites is 1. The lowest BCUT2D eigenvalue weighted by Crippen LogP contribution is -2.31. The van der Waals surface area contributed by atoms with Crippen LogP contribution in [0.4, 0.5) is 15.8 Å². The Morgan fingerprint density at radius 1 is 0.939 bits per heavy atom. The van der Waals surface area contributed by atoms with E-state index in [1.54, 1.807) is 18.3 Å². The van der Waals surface area contributed by atoms with Crippen molar-refractivity contribution >= 4 is 28.7 Å². The van der Waals surface area contributed by atoms with Gasteiger partial charge in [0.05, 0.1) is 17.4 Å². The van der Waals surface area contributed by atoms with Gasteiger partial charge in [0.15, 0.2) is 5.11 Å². The maximum Gasteiger partial charge on any atom is 0.174 e. The van der Waals surface area contributed by atoms with Crippen LogP contribution in [0.15, 0.2) is 91.3 Å². The van der Waals surface area contributed by atoms with E-state index in [0.717, 1.165) is 22.8 Å². The molecule has 7 heteroatoms. The Morgan fingerprint density at radius 3 is 2.39 bits per heavy atom. The molecule has 3 heterocycles. The Hall–Kier alpha value is -3.71. The number of rotatable bonds is 5. The van der Waals surface area contributed by atoms with Gasteiger partial charge in [-0.3, -0.25) is 4.98 Å². The molecule has 5 nitrogen and oxygen atoms in total. The van der Waals surface area contributed by atoms with E-state index in [9.17, 15) is 4.39 Å². The quantitative estimate of drug-likeness (QED) is 0.414. The summed E-state index contributed by atoms with van der Waals surface area (Å²) in [5, 5.41) is 3.86. The Kier molecular flexibility index (Phi) is 5.56. The molecule has 1 aliphatic rings. The van der Waals surface area contributed by atoms with Crippen molar-refractivity contribution in [2.75, 3.05) is 23.9 Å². The summed E-state index contributed by atoms with van der Waals surface area (Å²) in [5.74, 6) is -0.318. The molecule has 2 aromatic heterocycles. The highest BCUT2D eigenvalue weighted by Crippen LogP contribution is 2.42. The maximum atomic E-state index is 14.9. The van der Waals surface area contributed by atoms with E-state index in [4.69, 9.17) is 12.2 Å². The molecule has 0 aliphatic carbocycles. The lowest BCUT2D eigenvalue weighted by Gasteiger charge is -2.29. The number of pyridine rings is 1. The number of thiocarbonyl (C=S) groups is 1. The molecule has 4 aromatic rings. The second-order valence-corrected chi connectivity index (χ2v) is 8.55. The van der Waals surface area contributed by atoms with Gasteiger partial charge >= 0.3 is 0 Å². The standard InChI is InChI=1S/C26H24FN5S/c1-30(2)18-12-14-19(15-13-18)31-17-7-11-23(31)25-24(21-9-5-6-16-28-21)29-26(33)32(25)22-10-4-3-8-20(22)27/h3-17,24-25H,1-2H3,(H,29,33)/t24-,25-/m1/s1. The van der Waals surface area contributed by atoms with Crippen LogP contribution in [0.5, 0.6) is 0 Å². The minimum atomic E-state index is -0.318. The normalized spacial score (nSPS) is 17.8. The summed E-state index contributed by atoms with van der Waals surface area (Å²) in [6, 6.07) is 24.4. The molecule has 1 N–H and O–H groups in total. The number of anilines is 2. The van der Waals surface area contributed by atoms with E-state index in [2.05, 4.69) is 50.1 Å². The predicted molar refractivity (Wildman–Crippen MR) is 134 cm³/mol. The van der Waals surface area contributed by atoms with Gasteiger partial charge in [-0.25, -0.2) is 4.39 Å². The number of hydrogen-bond donors (Lipinski definition) is 1. The lowest BCUT2D eigenvalue weighted by molar-refractivity contribution is 0.542. The van der Waals surface area contributed by atoms with E-state index in [1.807, 2.05) is 55.5 Å². The molecule has 0 bridgehead atoms. The summed E-state index contributed by atoms with van der Waals surface area (Å²) in [6.45, 7) is 0. The zero-order valence-electron chi connectivity index (χ0n) is 18.4. The third kappa shape index (κ3) is 3.85. The molecule has 2 aromatic carbocycles. The third-order valence-corrected chi connectivity index (χ3v) is 6.25. The van der Waals surface area contributed by atoms with Crippen LogP contribution in [0.2, 0.25) is 0 Å². The van der Waals surface area contributed by atoms with Gasteiger partial charge in [-0.2, -0.15) is 0 Å². The van der Waals surface area contributed by atoms with Crippen molar-refractivity contribution in [1.82, 2.24) is 14.9 Å². The SMILES string of the molecule is CN(C)c1ccc(-n2cccc2[C@@H]2[C@@H](c3ccccn3)NC(=S)N2c2ccccc2F)cc1. The van der Waals surface area contributed by atoms with Gasteiger partial charge in [0, 0.05) is 43.6 Å². The van der Waals surface area contributed by atoms with E-state index in [0.29, 0.717) is 10.8 Å². The number of halogens is 1. The zero-order chi connectivity index (χ0) is 22.9. The van der Waals surface area contributed by atoms with Crippen LogP contribution in [0.1, 0.15) is 23.5 Å². The average Bonchev–Trinajstić information content (AvgIpc) is 3.44. The smallest absolute Gasteiger partial charge is 0.174 e. The number of aromatic nitrogens is 2. The van der Waals surface area contributed by atoms with Gasteiger partial charge in [0.25, 0.3) is 0 Å². The van der Waals surface area contributed by atoms with E-state index >= 15 is 0 Å². The first kappa shape index (κ1) is 21.2. The van der Waals surface area contributed by atoms with Crippen LogP contribution in [0.3, 0.4) is 0 Å². The monoisotopic (exact) mass is 457 g/mol. The summed E-state index contributed by atoms with van der Waals surface area (Å²) >= 11 is 5.72. The first-order valence-electron chi connectivity index (χ1n) is 10.7. The van der Waals surface area contributed by atoms with Crippen molar-refractivity contribution in [3.63, 3.8) is 0 Å². The van der Waals surface area contributed by atoms with Gasteiger partial charge in [-0.05, 0) is 72.9 Å². The lowest BCUT2D eigenvalue weighted by atomic mass is 10.0. The molecular formula is C26H24FN5S. The van der Waals surface area contributed by atoms with Gasteiger partial charge in [0.2, 0.25) is 0 Å². The van der Waals surface area contributed by atoms with Crippen LogP contribution in [-0.4, -0.2) is 28.8 Å². The molecule has 1 aliphatic heterocycles. The summed E-state index contributed by atoms with van der Waals surface area (Å²) in [5.41, 5.74) is 4.41. The highest BCUT2D eigenvalue weighted by Gasteiger charge is 2.42. The highest BCUT2D eigenvalue weighted by molar-refractivity contribution is 7.80. The van der Waals surface area contributed by atoms with Crippen LogP contribution in [0, 0.1) is 5.82 Å². The topological polar surface area (TPSA) is 36.3 Å². The first-order chi connectivity index (χ1) is 16.0. The van der Waals surface area contributed by atoms with Crippen molar-refractivity contribution in [2.45, 2.75) is 12.1 Å². The maximum absolute atomic E-state index is 14.9. The second-order valence-electron chi connectivity index (χ2n) is 8.16. The van der Waals surface area contributed by atoms with Gasteiger partial charge < -0.3 is 19.7 Å². The van der Waals surface area contributed by atoms with Crippen molar-refractivity contribution < 1.29 is 4.39 Å². The molecule has 1 saturated heterocycles. The summed E-state index contributed by atoms with van der Waals surface area (Å²) in [6.07, 6.45) is 3.79. The molecule has 0 saturated carbocycles. The molecule has 1 fully saturated rings. The molecule has 166 valence electrons. The predicted octanol–water partition coefficient (Wildman–Crippen LogP) is 5.25. The minimum absolute atomic E-state index is 0.243. The van der Waals surface area contributed by atoms with Crippen molar-refractivity contribution in [1.29, 1.82) is 0 Å². The van der Waals surface area contributed by atoms with Gasteiger partial charge in [-0.15, -0.1) is 0 Å². The third-order valence-electron chi connectivity index (χ3n) is 5.94. The fourth-order valence-corrected chi connectivity index (χ4v) is 4.68. The van der Waals surface area contributed by atoms with Crippen LogP contribution in [0.25, 0.3) is 5.69 Å². The number of nitrogens with one attached hydrogen (secondary N) is 1. The van der Waals surface area contributed by atoms with Crippen molar-refractivity contribution in [3.8, 4) is 5.69 Å². The Bertz CT molecular complexity index is 1270. The largest absolute Gasteiger partial charge is 0.378 e. The van der Waals surface area contributed by atoms with Crippen LogP contribution >= 0.6 is 12.2 Å². The van der Waals surface area contributed by atoms with E-state index in [1.165, 1.54) is 6.07 Å². The first-order valence-corrected chi connectivity index (χ1v) is 11.2. The summed E-state index contributed by atoms with van der Waals surface area (Å²) in [4.78, 5) is 8.51. The Labute approximate surface area is 198 Å². The van der Waals surface area contributed by atoms with Crippen LogP contribution in [-0.2, 0) is 0 Å². The van der Waals surface area contributed by atoms with Crippen LogP contribution < -0.4 is 15.1 Å². The van der Waals surface area contributed by atoms with Crippen molar-refractivity contribution in [2.24, 2.45) is 0 Å². The molecular weight excluding hydrogens is 433 g/mol. The number of nitrogens with zero attached hydrogens (tertiary/aromatic N) is 4. The second kappa shape index (κ2) is 8.67. The molecule has 0 amide bonds. The molecule has 33 heavy (non-hydrogen) atoms. The van der Waals surface area contributed by atoms with E-state index < -0.39 is 0 Å². The fraction of sp³-hybridized carbons (Fsp3) is 0.154. The molecule has 0 unspecified atom stereocenters. The molecule has 5 rings (SSSR count). The Balaban J connectivity index is 1.65.